The lowest BCUT2D eigenvalue weighted by Gasteiger charge is -2.24. The molecule has 1 fully saturated rings. The Balaban J connectivity index is 1.81. The van der Waals surface area contributed by atoms with E-state index in [9.17, 15) is 9.90 Å². The SMILES string of the molecule is CCN(CC)CCOCCc1ccc(C2(C(=O)O)CCCC2)cc1. The van der Waals surface area contributed by atoms with Crippen LogP contribution in [0.1, 0.15) is 50.7 Å². The summed E-state index contributed by atoms with van der Waals surface area (Å²) >= 11 is 0. The second-order valence-electron chi connectivity index (χ2n) is 6.68. The second-order valence-corrected chi connectivity index (χ2v) is 6.68. The topological polar surface area (TPSA) is 49.8 Å². The molecule has 0 bridgehead atoms. The molecule has 24 heavy (non-hydrogen) atoms. The fourth-order valence-corrected chi connectivity index (χ4v) is 3.62. The number of aliphatic carboxylic acids is 1. The molecule has 1 aliphatic carbocycles. The molecule has 1 aromatic rings. The zero-order valence-corrected chi connectivity index (χ0v) is 15.1. The molecule has 4 heteroatoms. The van der Waals surface area contributed by atoms with Gasteiger partial charge < -0.3 is 14.7 Å². The van der Waals surface area contributed by atoms with E-state index in [0.29, 0.717) is 6.61 Å². The van der Waals surface area contributed by atoms with Crippen LogP contribution in [0.2, 0.25) is 0 Å². The molecule has 0 unspecified atom stereocenters. The van der Waals surface area contributed by atoms with Gasteiger partial charge in [-0.2, -0.15) is 0 Å². The molecule has 0 atom stereocenters. The fourth-order valence-electron chi connectivity index (χ4n) is 3.62. The molecule has 1 aromatic carbocycles. The van der Waals surface area contributed by atoms with Gasteiger partial charge in [-0.25, -0.2) is 0 Å². The maximum Gasteiger partial charge on any atom is 0.314 e. The maximum absolute atomic E-state index is 11.7. The number of carboxylic acids is 1. The van der Waals surface area contributed by atoms with Gasteiger partial charge in [0.2, 0.25) is 0 Å². The minimum absolute atomic E-state index is 0.654. The first-order valence-corrected chi connectivity index (χ1v) is 9.25. The van der Waals surface area contributed by atoms with Gasteiger partial charge in [0.25, 0.3) is 0 Å². The second kappa shape index (κ2) is 9.19. The van der Waals surface area contributed by atoms with Crippen LogP contribution < -0.4 is 0 Å². The molecule has 0 spiro atoms. The Morgan fingerprint density at radius 2 is 1.75 bits per heavy atom. The molecule has 0 heterocycles. The summed E-state index contributed by atoms with van der Waals surface area (Å²) < 4.78 is 5.72. The van der Waals surface area contributed by atoms with Crippen LogP contribution in [0.25, 0.3) is 0 Å². The van der Waals surface area contributed by atoms with Gasteiger partial charge in [-0.15, -0.1) is 0 Å². The number of hydrogen-bond acceptors (Lipinski definition) is 3. The molecule has 0 amide bonds. The summed E-state index contributed by atoms with van der Waals surface area (Å²) in [4.78, 5) is 14.1. The highest BCUT2D eigenvalue weighted by Gasteiger charge is 2.42. The normalized spacial score (nSPS) is 16.6. The van der Waals surface area contributed by atoms with Crippen molar-refractivity contribution in [2.45, 2.75) is 51.4 Å². The summed E-state index contributed by atoms with van der Waals surface area (Å²) in [6.07, 6.45) is 4.41. The highest BCUT2D eigenvalue weighted by atomic mass is 16.5. The third-order valence-electron chi connectivity index (χ3n) is 5.35. The molecule has 1 aliphatic rings. The van der Waals surface area contributed by atoms with Crippen molar-refractivity contribution in [2.75, 3.05) is 32.8 Å². The van der Waals surface area contributed by atoms with E-state index >= 15 is 0 Å². The smallest absolute Gasteiger partial charge is 0.314 e. The number of hydrogen-bond donors (Lipinski definition) is 1. The van der Waals surface area contributed by atoms with Crippen molar-refractivity contribution in [1.29, 1.82) is 0 Å². The Bertz CT molecular complexity index is 502. The van der Waals surface area contributed by atoms with Crippen molar-refractivity contribution in [3.8, 4) is 0 Å². The van der Waals surface area contributed by atoms with Gasteiger partial charge in [-0.05, 0) is 43.5 Å². The lowest BCUT2D eigenvalue weighted by atomic mass is 9.79. The number of carbonyl (C=O) groups is 1. The van der Waals surface area contributed by atoms with Crippen LogP contribution in [-0.2, 0) is 21.4 Å². The summed E-state index contributed by atoms with van der Waals surface area (Å²) in [6, 6.07) is 8.13. The lowest BCUT2D eigenvalue weighted by molar-refractivity contribution is -0.143. The average molecular weight is 333 g/mol. The zero-order chi connectivity index (χ0) is 17.4. The standard InChI is InChI=1S/C20H31NO3/c1-3-21(4-2)14-16-24-15-11-17-7-9-18(10-8-17)20(19(22)23)12-5-6-13-20/h7-10H,3-6,11-16H2,1-2H3,(H,22,23). The number of ether oxygens (including phenoxy) is 1. The summed E-state index contributed by atoms with van der Waals surface area (Å²) in [5, 5.41) is 9.65. The third kappa shape index (κ3) is 4.58. The molecule has 1 saturated carbocycles. The van der Waals surface area contributed by atoms with Crippen molar-refractivity contribution in [3.05, 3.63) is 35.4 Å². The first-order valence-electron chi connectivity index (χ1n) is 9.25. The minimum Gasteiger partial charge on any atom is -0.481 e. The summed E-state index contributed by atoms with van der Waals surface area (Å²) in [7, 11) is 0. The molecular formula is C20H31NO3. The van der Waals surface area contributed by atoms with E-state index in [1.807, 2.05) is 12.1 Å². The molecular weight excluding hydrogens is 302 g/mol. The predicted molar refractivity (Wildman–Crippen MR) is 96.5 cm³/mol. The van der Waals surface area contributed by atoms with E-state index in [1.54, 1.807) is 0 Å². The van der Waals surface area contributed by atoms with Crippen LogP contribution in [0.15, 0.2) is 24.3 Å². The Hall–Kier alpha value is -1.39. The molecule has 0 radical (unpaired) electrons. The van der Waals surface area contributed by atoms with Crippen LogP contribution in [0, 0.1) is 0 Å². The van der Waals surface area contributed by atoms with Gasteiger partial charge in [0.1, 0.15) is 0 Å². The number of benzene rings is 1. The predicted octanol–water partition coefficient (Wildman–Crippen LogP) is 3.48. The van der Waals surface area contributed by atoms with Gasteiger partial charge in [-0.3, -0.25) is 4.79 Å². The van der Waals surface area contributed by atoms with Crippen LogP contribution in [0.3, 0.4) is 0 Å². The van der Waals surface area contributed by atoms with Crippen molar-refractivity contribution in [3.63, 3.8) is 0 Å². The van der Waals surface area contributed by atoms with E-state index in [-0.39, 0.29) is 0 Å². The molecule has 1 N–H and O–H groups in total. The molecule has 4 nitrogen and oxygen atoms in total. The van der Waals surface area contributed by atoms with E-state index in [4.69, 9.17) is 4.74 Å². The lowest BCUT2D eigenvalue weighted by Crippen LogP contribution is -2.32. The Morgan fingerprint density at radius 3 is 2.29 bits per heavy atom. The van der Waals surface area contributed by atoms with E-state index in [2.05, 4.69) is 30.9 Å². The largest absolute Gasteiger partial charge is 0.481 e. The Morgan fingerprint density at radius 1 is 1.12 bits per heavy atom. The molecule has 0 aromatic heterocycles. The summed E-state index contributed by atoms with van der Waals surface area (Å²) in [6.45, 7) is 8.91. The molecule has 2 rings (SSSR count). The van der Waals surface area contributed by atoms with E-state index < -0.39 is 11.4 Å². The minimum atomic E-state index is -0.674. The van der Waals surface area contributed by atoms with Crippen molar-refractivity contribution in [2.24, 2.45) is 0 Å². The Kier molecular flexibility index (Phi) is 7.25. The highest BCUT2D eigenvalue weighted by Crippen LogP contribution is 2.41. The monoisotopic (exact) mass is 333 g/mol. The maximum atomic E-state index is 11.7. The molecule has 0 saturated heterocycles. The fraction of sp³-hybridized carbons (Fsp3) is 0.650. The van der Waals surface area contributed by atoms with Crippen molar-refractivity contribution in [1.82, 2.24) is 4.90 Å². The summed E-state index contributed by atoms with van der Waals surface area (Å²) in [5.74, 6) is -0.674. The number of rotatable bonds is 10. The molecule has 134 valence electrons. The van der Waals surface area contributed by atoms with Crippen LogP contribution in [0.4, 0.5) is 0 Å². The quantitative estimate of drug-likeness (QED) is 0.666. The van der Waals surface area contributed by atoms with Crippen molar-refractivity contribution < 1.29 is 14.6 Å². The summed E-state index contributed by atoms with van der Waals surface area (Å²) in [5.41, 5.74) is 1.51. The van der Waals surface area contributed by atoms with Crippen LogP contribution >= 0.6 is 0 Å². The Labute approximate surface area is 145 Å². The van der Waals surface area contributed by atoms with Crippen LogP contribution in [-0.4, -0.2) is 48.8 Å². The molecule has 0 aliphatic heterocycles. The number of carboxylic acid groups (broad SMARTS) is 1. The van der Waals surface area contributed by atoms with Gasteiger partial charge >= 0.3 is 5.97 Å². The van der Waals surface area contributed by atoms with Crippen LogP contribution in [0.5, 0.6) is 0 Å². The third-order valence-corrected chi connectivity index (χ3v) is 5.35. The first kappa shape index (κ1) is 18.9. The van der Waals surface area contributed by atoms with Gasteiger partial charge in [0.05, 0.1) is 18.6 Å². The first-order chi connectivity index (χ1) is 11.6. The van der Waals surface area contributed by atoms with Crippen molar-refractivity contribution >= 4 is 5.97 Å². The number of nitrogens with zero attached hydrogens (tertiary/aromatic N) is 1. The van der Waals surface area contributed by atoms with Gasteiger partial charge in [0.15, 0.2) is 0 Å². The number of likely N-dealkylation sites (N-methyl/N-ethyl adjacent to an activating group) is 1. The van der Waals surface area contributed by atoms with Gasteiger partial charge in [0, 0.05) is 6.54 Å². The highest BCUT2D eigenvalue weighted by molar-refractivity contribution is 5.81. The van der Waals surface area contributed by atoms with Gasteiger partial charge in [-0.1, -0.05) is 51.0 Å². The average Bonchev–Trinajstić information content (AvgIpc) is 3.10. The van der Waals surface area contributed by atoms with E-state index in [1.165, 1.54) is 5.56 Å². The zero-order valence-electron chi connectivity index (χ0n) is 15.1. The van der Waals surface area contributed by atoms with E-state index in [0.717, 1.165) is 63.9 Å².